The van der Waals surface area contributed by atoms with Crippen LogP contribution in [-0.2, 0) is 23.1 Å². The summed E-state index contributed by atoms with van der Waals surface area (Å²) in [7, 11) is 1.38. The predicted molar refractivity (Wildman–Crippen MR) is 98.2 cm³/mol. The van der Waals surface area contributed by atoms with Crippen molar-refractivity contribution in [2.24, 2.45) is 18.4 Å². The maximum atomic E-state index is 13.1. The van der Waals surface area contributed by atoms with Gasteiger partial charge in [-0.15, -0.1) is 0 Å². The zero-order chi connectivity index (χ0) is 19.2. The van der Waals surface area contributed by atoms with E-state index in [1.54, 1.807) is 4.90 Å². The predicted octanol–water partition coefficient (Wildman–Crippen LogP) is -0.133. The molecule has 3 fully saturated rings. The van der Waals surface area contributed by atoms with Gasteiger partial charge in [-0.05, 0) is 38.0 Å². The van der Waals surface area contributed by atoms with Crippen molar-refractivity contribution < 1.29 is 9.59 Å². The number of likely N-dealkylation sites (tertiary alicyclic amines) is 2. The highest BCUT2D eigenvalue weighted by Crippen LogP contribution is 2.41. The maximum Gasteiger partial charge on any atom is 0.328 e. The molecule has 8 nitrogen and oxygen atoms in total. The fourth-order valence-corrected chi connectivity index (χ4v) is 4.42. The highest BCUT2D eigenvalue weighted by Gasteiger charge is 2.49. The Hall–Kier alpha value is -2.38. The minimum absolute atomic E-state index is 0.0560. The molecule has 1 aliphatic carbocycles. The van der Waals surface area contributed by atoms with Crippen molar-refractivity contribution in [3.63, 3.8) is 0 Å². The molecular weight excluding hydrogens is 348 g/mol. The van der Waals surface area contributed by atoms with Gasteiger partial charge in [0.1, 0.15) is 0 Å². The largest absolute Gasteiger partial charge is 0.342 e. The van der Waals surface area contributed by atoms with E-state index in [4.69, 9.17) is 0 Å². The minimum Gasteiger partial charge on any atom is -0.342 e. The van der Waals surface area contributed by atoms with Crippen LogP contribution in [0.1, 0.15) is 37.7 Å². The van der Waals surface area contributed by atoms with E-state index in [2.05, 4.69) is 4.98 Å². The van der Waals surface area contributed by atoms with E-state index in [1.807, 2.05) is 4.90 Å². The number of carbonyl (C=O) groups excluding carboxylic acids is 2. The fraction of sp³-hybridized carbons (Fsp3) is 0.684. The van der Waals surface area contributed by atoms with Gasteiger partial charge >= 0.3 is 5.69 Å². The number of H-pyrrole nitrogens is 1. The second-order valence-electron chi connectivity index (χ2n) is 8.30. The number of piperidine rings is 1. The number of rotatable bonds is 4. The number of hydrogen-bond acceptors (Lipinski definition) is 4. The maximum absolute atomic E-state index is 13.1. The number of nitrogens with zero attached hydrogens (tertiary/aromatic N) is 3. The van der Waals surface area contributed by atoms with Crippen LogP contribution in [0.2, 0.25) is 0 Å². The summed E-state index contributed by atoms with van der Waals surface area (Å²) < 4.78 is 0.967. The summed E-state index contributed by atoms with van der Waals surface area (Å²) in [5.74, 6) is 0.707. The molecule has 1 aromatic heterocycles. The topological polar surface area (TPSA) is 95.5 Å². The van der Waals surface area contributed by atoms with Crippen molar-refractivity contribution in [3.8, 4) is 0 Å². The number of carbonyl (C=O) groups is 2. The highest BCUT2D eigenvalue weighted by atomic mass is 16.2. The lowest BCUT2D eigenvalue weighted by Crippen LogP contribution is -2.51. The van der Waals surface area contributed by atoms with E-state index in [0.717, 1.165) is 30.5 Å². The Morgan fingerprint density at radius 3 is 2.74 bits per heavy atom. The Balaban J connectivity index is 1.45. The number of nitrogens with one attached hydrogen (secondary N) is 1. The van der Waals surface area contributed by atoms with Gasteiger partial charge in [-0.1, -0.05) is 0 Å². The van der Waals surface area contributed by atoms with Gasteiger partial charge in [0.15, 0.2) is 0 Å². The van der Waals surface area contributed by atoms with Gasteiger partial charge in [-0.25, -0.2) is 4.79 Å². The van der Waals surface area contributed by atoms with E-state index in [0.29, 0.717) is 25.4 Å². The summed E-state index contributed by atoms with van der Waals surface area (Å²) in [4.78, 5) is 55.6. The first-order valence-corrected chi connectivity index (χ1v) is 9.74. The van der Waals surface area contributed by atoms with E-state index < -0.39 is 16.7 Å². The van der Waals surface area contributed by atoms with E-state index in [-0.39, 0.29) is 23.8 Å². The van der Waals surface area contributed by atoms with Crippen LogP contribution in [0.3, 0.4) is 0 Å². The van der Waals surface area contributed by atoms with Crippen LogP contribution < -0.4 is 11.2 Å². The van der Waals surface area contributed by atoms with E-state index >= 15 is 0 Å². The van der Waals surface area contributed by atoms with Gasteiger partial charge in [0.25, 0.3) is 5.56 Å². The molecule has 2 amide bonds. The Morgan fingerprint density at radius 1 is 1.22 bits per heavy atom. The zero-order valence-electron chi connectivity index (χ0n) is 15.7. The van der Waals surface area contributed by atoms with Crippen LogP contribution in [-0.4, -0.2) is 57.3 Å². The average molecular weight is 374 g/mol. The van der Waals surface area contributed by atoms with Gasteiger partial charge in [0, 0.05) is 45.0 Å². The molecule has 3 aliphatic rings. The number of aromatic amines is 1. The smallest absolute Gasteiger partial charge is 0.328 e. The molecule has 0 aromatic carbocycles. The third kappa shape index (κ3) is 3.33. The molecule has 27 heavy (non-hydrogen) atoms. The van der Waals surface area contributed by atoms with E-state index in [1.165, 1.54) is 26.1 Å². The SMILES string of the molecule is Cn1c(=O)[nH]cc(CC(=O)N2CC[C@@]3(CCCN(CC4CC4)C3=O)C2)c1=O. The van der Waals surface area contributed by atoms with Crippen molar-refractivity contribution in [1.82, 2.24) is 19.4 Å². The summed E-state index contributed by atoms with van der Waals surface area (Å²) in [5, 5.41) is 0. The van der Waals surface area contributed by atoms with Crippen molar-refractivity contribution in [1.29, 1.82) is 0 Å². The fourth-order valence-electron chi connectivity index (χ4n) is 4.42. The minimum atomic E-state index is -0.500. The Labute approximate surface area is 157 Å². The van der Waals surface area contributed by atoms with Gasteiger partial charge in [-0.3, -0.25) is 19.0 Å². The number of amides is 2. The summed E-state index contributed by atoms with van der Waals surface area (Å²) >= 11 is 0. The molecule has 8 heteroatoms. The monoisotopic (exact) mass is 374 g/mol. The molecule has 4 rings (SSSR count). The second kappa shape index (κ2) is 6.65. The molecule has 1 aromatic rings. The Morgan fingerprint density at radius 2 is 2.00 bits per heavy atom. The number of aromatic nitrogens is 2. The van der Waals surface area contributed by atoms with Crippen LogP contribution in [0.25, 0.3) is 0 Å². The number of hydrogen-bond donors (Lipinski definition) is 1. The molecule has 1 saturated carbocycles. The van der Waals surface area contributed by atoms with Crippen LogP contribution in [0, 0.1) is 11.3 Å². The van der Waals surface area contributed by atoms with Gasteiger partial charge in [0.05, 0.1) is 11.8 Å². The third-order valence-electron chi connectivity index (χ3n) is 6.30. The second-order valence-corrected chi connectivity index (χ2v) is 8.30. The average Bonchev–Trinajstić information content (AvgIpc) is 3.37. The Kier molecular flexibility index (Phi) is 4.44. The van der Waals surface area contributed by atoms with Crippen LogP contribution in [0.4, 0.5) is 0 Å². The molecule has 1 spiro atoms. The first-order valence-electron chi connectivity index (χ1n) is 9.74. The summed E-state index contributed by atoms with van der Waals surface area (Å²) in [6.07, 6.45) is 6.21. The molecule has 0 radical (unpaired) electrons. The van der Waals surface area contributed by atoms with Crippen molar-refractivity contribution >= 4 is 11.8 Å². The third-order valence-corrected chi connectivity index (χ3v) is 6.30. The lowest BCUT2D eigenvalue weighted by atomic mass is 9.78. The normalized spacial score (nSPS) is 25.4. The highest BCUT2D eigenvalue weighted by molar-refractivity contribution is 5.86. The standard InChI is InChI=1S/C19H26N4O4/c1-21-16(25)14(10-20-18(21)27)9-15(24)23-8-6-19(12-23)5-2-7-22(17(19)26)11-13-3-4-13/h10,13H,2-9,11-12H2,1H3,(H,20,27)/t19-/m0/s1. The quantitative estimate of drug-likeness (QED) is 0.794. The van der Waals surface area contributed by atoms with Crippen LogP contribution in [0.15, 0.2) is 15.8 Å². The molecule has 3 heterocycles. The summed E-state index contributed by atoms with van der Waals surface area (Å²) in [5.41, 5.74) is -1.13. The molecule has 2 saturated heterocycles. The van der Waals surface area contributed by atoms with Crippen molar-refractivity contribution in [3.05, 3.63) is 32.6 Å². The summed E-state index contributed by atoms with van der Waals surface area (Å²) in [6.45, 7) is 2.68. The van der Waals surface area contributed by atoms with Gasteiger partial charge in [0.2, 0.25) is 11.8 Å². The molecule has 146 valence electrons. The zero-order valence-corrected chi connectivity index (χ0v) is 15.7. The molecular formula is C19H26N4O4. The van der Waals surface area contributed by atoms with Crippen molar-refractivity contribution in [2.45, 2.75) is 38.5 Å². The van der Waals surface area contributed by atoms with E-state index in [9.17, 15) is 19.2 Å². The first kappa shape index (κ1) is 18.0. The first-order chi connectivity index (χ1) is 12.9. The van der Waals surface area contributed by atoms with Gasteiger partial charge in [-0.2, -0.15) is 0 Å². The Bertz CT molecular complexity index is 884. The summed E-state index contributed by atoms with van der Waals surface area (Å²) in [6, 6.07) is 0. The van der Waals surface area contributed by atoms with Crippen molar-refractivity contribution in [2.75, 3.05) is 26.2 Å². The van der Waals surface area contributed by atoms with Gasteiger partial charge < -0.3 is 14.8 Å². The van der Waals surface area contributed by atoms with Crippen LogP contribution in [0.5, 0.6) is 0 Å². The molecule has 1 N–H and O–H groups in total. The lowest BCUT2D eigenvalue weighted by molar-refractivity contribution is -0.146. The lowest BCUT2D eigenvalue weighted by Gasteiger charge is -2.39. The molecule has 0 bridgehead atoms. The molecule has 1 atom stereocenters. The molecule has 2 aliphatic heterocycles. The van der Waals surface area contributed by atoms with Crippen LogP contribution >= 0.6 is 0 Å². The molecule has 0 unspecified atom stereocenters.